The molecule has 1 aliphatic heterocycles. The van der Waals surface area contributed by atoms with Crippen LogP contribution in [0, 0.1) is 0 Å². The molecule has 0 atom stereocenters. The van der Waals surface area contributed by atoms with Crippen LogP contribution in [0.25, 0.3) is 6.08 Å². The fourth-order valence-corrected chi connectivity index (χ4v) is 3.26. The van der Waals surface area contributed by atoms with E-state index in [0.29, 0.717) is 13.1 Å². The lowest BCUT2D eigenvalue weighted by Gasteiger charge is -2.26. The minimum absolute atomic E-state index is 0.286. The Morgan fingerprint density at radius 1 is 1.29 bits per heavy atom. The van der Waals surface area contributed by atoms with E-state index in [9.17, 15) is 8.42 Å². The van der Waals surface area contributed by atoms with Crippen LogP contribution in [0.2, 0.25) is 0 Å². The molecule has 1 aromatic carbocycles. The van der Waals surface area contributed by atoms with Crippen molar-refractivity contribution >= 4 is 15.9 Å². The van der Waals surface area contributed by atoms with Crippen LogP contribution in [0.1, 0.15) is 11.1 Å². The third-order valence-electron chi connectivity index (χ3n) is 3.03. The molecule has 17 heavy (non-hydrogen) atoms. The van der Waals surface area contributed by atoms with Gasteiger partial charge in [-0.25, -0.2) is 8.42 Å². The Morgan fingerprint density at radius 3 is 2.65 bits per heavy atom. The summed E-state index contributed by atoms with van der Waals surface area (Å²) in [6, 6.07) is 8.18. The second-order valence-corrected chi connectivity index (χ2v) is 6.68. The lowest BCUT2D eigenvalue weighted by molar-refractivity contribution is 0.287. The molecule has 0 aliphatic carbocycles. The first kappa shape index (κ1) is 12.3. The highest BCUT2D eigenvalue weighted by Gasteiger charge is 2.21. The molecule has 1 aliphatic rings. The molecular weight excluding hydrogens is 234 g/mol. The van der Waals surface area contributed by atoms with E-state index < -0.39 is 9.84 Å². The third-order valence-corrected chi connectivity index (χ3v) is 4.64. The van der Waals surface area contributed by atoms with Gasteiger partial charge in [-0.05, 0) is 11.1 Å². The van der Waals surface area contributed by atoms with E-state index >= 15 is 0 Å². The number of hydrogen-bond acceptors (Lipinski definition) is 3. The first-order valence-electron chi connectivity index (χ1n) is 5.73. The summed E-state index contributed by atoms with van der Waals surface area (Å²) < 4.78 is 22.6. The van der Waals surface area contributed by atoms with Crippen LogP contribution < -0.4 is 0 Å². The molecule has 3 nitrogen and oxygen atoms in total. The van der Waals surface area contributed by atoms with Crippen molar-refractivity contribution in [2.75, 3.05) is 24.6 Å². The Balaban J connectivity index is 1.99. The maximum atomic E-state index is 11.3. The fraction of sp³-hybridized carbons (Fsp3) is 0.385. The standard InChI is InChI=1S/C13H17NO2S/c1-2-12-4-3-5-13(10-12)11-14-6-8-17(15,16)9-7-14/h2-5,10H,1,6-9,11H2. The van der Waals surface area contributed by atoms with Crippen LogP contribution in [0.5, 0.6) is 0 Å². The van der Waals surface area contributed by atoms with Gasteiger partial charge in [0.1, 0.15) is 0 Å². The van der Waals surface area contributed by atoms with Crippen molar-refractivity contribution in [3.05, 3.63) is 42.0 Å². The van der Waals surface area contributed by atoms with Gasteiger partial charge in [0, 0.05) is 19.6 Å². The largest absolute Gasteiger partial charge is 0.297 e. The molecular formula is C13H17NO2S. The van der Waals surface area contributed by atoms with Crippen molar-refractivity contribution in [3.63, 3.8) is 0 Å². The molecule has 0 aromatic heterocycles. The molecule has 92 valence electrons. The first-order valence-corrected chi connectivity index (χ1v) is 7.55. The number of sulfone groups is 1. The zero-order chi connectivity index (χ0) is 12.3. The highest BCUT2D eigenvalue weighted by Crippen LogP contribution is 2.12. The summed E-state index contributed by atoms with van der Waals surface area (Å²) >= 11 is 0. The Bertz CT molecular complexity index is 494. The summed E-state index contributed by atoms with van der Waals surface area (Å²) in [6.45, 7) is 5.84. The van der Waals surface area contributed by atoms with Gasteiger partial charge in [-0.1, -0.05) is 36.9 Å². The van der Waals surface area contributed by atoms with Crippen LogP contribution in [0.15, 0.2) is 30.8 Å². The molecule has 0 saturated carbocycles. The van der Waals surface area contributed by atoms with E-state index in [4.69, 9.17) is 0 Å². The topological polar surface area (TPSA) is 37.4 Å². The zero-order valence-corrected chi connectivity index (χ0v) is 10.6. The second kappa shape index (κ2) is 5.02. The van der Waals surface area contributed by atoms with Gasteiger partial charge in [0.05, 0.1) is 11.5 Å². The molecule has 0 amide bonds. The monoisotopic (exact) mass is 251 g/mol. The predicted octanol–water partition coefficient (Wildman–Crippen LogP) is 1.56. The van der Waals surface area contributed by atoms with E-state index in [0.717, 1.165) is 12.1 Å². The molecule has 0 radical (unpaired) electrons. The quantitative estimate of drug-likeness (QED) is 0.818. The number of hydrogen-bond donors (Lipinski definition) is 0. The average molecular weight is 251 g/mol. The summed E-state index contributed by atoms with van der Waals surface area (Å²) in [5, 5.41) is 0. The number of benzene rings is 1. The average Bonchev–Trinajstić information content (AvgIpc) is 2.32. The Hall–Kier alpha value is -1.13. The second-order valence-electron chi connectivity index (χ2n) is 4.38. The van der Waals surface area contributed by atoms with Crippen LogP contribution in [0.4, 0.5) is 0 Å². The van der Waals surface area contributed by atoms with Gasteiger partial charge in [-0.3, -0.25) is 4.90 Å². The third kappa shape index (κ3) is 3.41. The molecule has 0 bridgehead atoms. The van der Waals surface area contributed by atoms with Crippen molar-refractivity contribution in [2.24, 2.45) is 0 Å². The molecule has 0 N–H and O–H groups in total. The van der Waals surface area contributed by atoms with E-state index in [1.54, 1.807) is 0 Å². The first-order chi connectivity index (χ1) is 8.09. The van der Waals surface area contributed by atoms with Gasteiger partial charge in [0.2, 0.25) is 0 Å². The van der Waals surface area contributed by atoms with E-state index in [-0.39, 0.29) is 11.5 Å². The highest BCUT2D eigenvalue weighted by atomic mass is 32.2. The van der Waals surface area contributed by atoms with Crippen LogP contribution in [-0.4, -0.2) is 37.9 Å². The lowest BCUT2D eigenvalue weighted by atomic mass is 10.1. The lowest BCUT2D eigenvalue weighted by Crippen LogP contribution is -2.39. The summed E-state index contributed by atoms with van der Waals surface area (Å²) in [7, 11) is -2.78. The van der Waals surface area contributed by atoms with Crippen molar-refractivity contribution in [3.8, 4) is 0 Å². The molecule has 0 spiro atoms. The Labute approximate surface area is 103 Å². The maximum Gasteiger partial charge on any atom is 0.152 e. The smallest absolute Gasteiger partial charge is 0.152 e. The molecule has 1 saturated heterocycles. The van der Waals surface area contributed by atoms with Crippen molar-refractivity contribution in [1.82, 2.24) is 4.90 Å². The Morgan fingerprint density at radius 2 is 2.00 bits per heavy atom. The fourth-order valence-electron chi connectivity index (χ4n) is 1.98. The van der Waals surface area contributed by atoms with Crippen LogP contribution in [0.3, 0.4) is 0 Å². The van der Waals surface area contributed by atoms with Gasteiger partial charge in [-0.15, -0.1) is 0 Å². The van der Waals surface area contributed by atoms with Crippen LogP contribution >= 0.6 is 0 Å². The SMILES string of the molecule is C=Cc1cccc(CN2CCS(=O)(=O)CC2)c1. The van der Waals surface area contributed by atoms with Crippen molar-refractivity contribution < 1.29 is 8.42 Å². The van der Waals surface area contributed by atoms with Gasteiger partial charge in [-0.2, -0.15) is 0 Å². The maximum absolute atomic E-state index is 11.3. The highest BCUT2D eigenvalue weighted by molar-refractivity contribution is 7.91. The van der Waals surface area contributed by atoms with E-state index in [2.05, 4.69) is 23.6 Å². The summed E-state index contributed by atoms with van der Waals surface area (Å²) in [6.07, 6.45) is 1.82. The summed E-state index contributed by atoms with van der Waals surface area (Å²) in [5.74, 6) is 0.572. The molecule has 4 heteroatoms. The summed E-state index contributed by atoms with van der Waals surface area (Å²) in [5.41, 5.74) is 2.31. The normalized spacial score (nSPS) is 20.0. The van der Waals surface area contributed by atoms with Gasteiger partial charge < -0.3 is 0 Å². The molecule has 1 heterocycles. The number of rotatable bonds is 3. The zero-order valence-electron chi connectivity index (χ0n) is 9.80. The van der Waals surface area contributed by atoms with Gasteiger partial charge >= 0.3 is 0 Å². The summed E-state index contributed by atoms with van der Waals surface area (Å²) in [4.78, 5) is 2.18. The van der Waals surface area contributed by atoms with E-state index in [1.165, 1.54) is 5.56 Å². The Kier molecular flexibility index (Phi) is 3.64. The number of nitrogens with zero attached hydrogens (tertiary/aromatic N) is 1. The van der Waals surface area contributed by atoms with Crippen molar-refractivity contribution in [1.29, 1.82) is 0 Å². The van der Waals surface area contributed by atoms with Gasteiger partial charge in [0.15, 0.2) is 9.84 Å². The van der Waals surface area contributed by atoms with Gasteiger partial charge in [0.25, 0.3) is 0 Å². The van der Waals surface area contributed by atoms with E-state index in [1.807, 2.05) is 18.2 Å². The molecule has 2 rings (SSSR count). The minimum Gasteiger partial charge on any atom is -0.297 e. The molecule has 0 unspecified atom stereocenters. The molecule has 1 fully saturated rings. The predicted molar refractivity (Wildman–Crippen MR) is 70.5 cm³/mol. The van der Waals surface area contributed by atoms with Crippen molar-refractivity contribution in [2.45, 2.75) is 6.54 Å². The van der Waals surface area contributed by atoms with Crippen LogP contribution in [-0.2, 0) is 16.4 Å². The molecule has 1 aromatic rings. The minimum atomic E-state index is -2.78.